The third kappa shape index (κ3) is 1.74. The molecular weight excluding hydrogens is 170 g/mol. The summed E-state index contributed by atoms with van der Waals surface area (Å²) in [5.41, 5.74) is 0.440. The summed E-state index contributed by atoms with van der Waals surface area (Å²) >= 11 is 0. The Balaban J connectivity index is 3.08. The largest absolute Gasteiger partial charge is 0.342 e. The van der Waals surface area contributed by atoms with Gasteiger partial charge in [-0.3, -0.25) is 9.78 Å². The molecule has 4 heteroatoms. The number of aldehydes is 1. The van der Waals surface area contributed by atoms with Crippen LogP contribution in [0.15, 0.2) is 24.4 Å². The SMILES string of the molecule is COC(C=O)(OC)c1ccccn1. The minimum atomic E-state index is -1.37. The molecule has 1 aromatic heterocycles. The molecule has 70 valence electrons. The molecule has 0 aliphatic heterocycles. The van der Waals surface area contributed by atoms with E-state index in [1.165, 1.54) is 14.2 Å². The van der Waals surface area contributed by atoms with Crippen LogP contribution in [0.5, 0.6) is 0 Å². The molecule has 0 bridgehead atoms. The monoisotopic (exact) mass is 181 g/mol. The van der Waals surface area contributed by atoms with Gasteiger partial charge in [0.25, 0.3) is 5.79 Å². The molecule has 1 aromatic rings. The molecule has 1 rings (SSSR count). The number of methoxy groups -OCH3 is 2. The fourth-order valence-electron chi connectivity index (χ4n) is 1.02. The van der Waals surface area contributed by atoms with Crippen molar-refractivity contribution in [3.8, 4) is 0 Å². The summed E-state index contributed by atoms with van der Waals surface area (Å²) in [7, 11) is 2.79. The Morgan fingerprint density at radius 3 is 2.46 bits per heavy atom. The van der Waals surface area contributed by atoms with Gasteiger partial charge < -0.3 is 9.47 Å². The van der Waals surface area contributed by atoms with E-state index in [0.29, 0.717) is 12.0 Å². The van der Waals surface area contributed by atoms with Crippen molar-refractivity contribution in [2.45, 2.75) is 5.79 Å². The summed E-state index contributed by atoms with van der Waals surface area (Å²) in [6.45, 7) is 0. The highest BCUT2D eigenvalue weighted by Gasteiger charge is 2.32. The van der Waals surface area contributed by atoms with Crippen molar-refractivity contribution in [2.24, 2.45) is 0 Å². The Morgan fingerprint density at radius 2 is 2.08 bits per heavy atom. The number of rotatable bonds is 4. The molecule has 0 atom stereocenters. The van der Waals surface area contributed by atoms with Crippen molar-refractivity contribution in [3.05, 3.63) is 30.1 Å². The zero-order valence-corrected chi connectivity index (χ0v) is 7.56. The van der Waals surface area contributed by atoms with Gasteiger partial charge in [-0.05, 0) is 12.1 Å². The van der Waals surface area contributed by atoms with Crippen molar-refractivity contribution in [1.82, 2.24) is 4.98 Å². The minimum Gasteiger partial charge on any atom is -0.342 e. The van der Waals surface area contributed by atoms with Crippen LogP contribution in [0.3, 0.4) is 0 Å². The normalized spacial score (nSPS) is 11.2. The second-order valence-electron chi connectivity index (χ2n) is 2.41. The predicted octanol–water partition coefficient (Wildman–Crippen LogP) is 0.726. The molecule has 4 nitrogen and oxygen atoms in total. The number of ether oxygens (including phenoxy) is 2. The van der Waals surface area contributed by atoms with Crippen LogP contribution in [-0.2, 0) is 20.1 Å². The van der Waals surface area contributed by atoms with Crippen LogP contribution in [0.4, 0.5) is 0 Å². The zero-order valence-electron chi connectivity index (χ0n) is 7.56. The first-order valence-corrected chi connectivity index (χ1v) is 3.77. The fraction of sp³-hybridized carbons (Fsp3) is 0.333. The van der Waals surface area contributed by atoms with Crippen molar-refractivity contribution in [1.29, 1.82) is 0 Å². The van der Waals surface area contributed by atoms with Crippen LogP contribution in [0.1, 0.15) is 5.69 Å². The molecule has 1 heterocycles. The molecule has 0 N–H and O–H groups in total. The van der Waals surface area contributed by atoms with Crippen molar-refractivity contribution in [2.75, 3.05) is 14.2 Å². The lowest BCUT2D eigenvalue weighted by Crippen LogP contribution is -2.33. The van der Waals surface area contributed by atoms with E-state index in [1.807, 2.05) is 0 Å². The lowest BCUT2D eigenvalue weighted by atomic mass is 10.2. The average Bonchev–Trinajstić information content (AvgIpc) is 2.23. The van der Waals surface area contributed by atoms with Gasteiger partial charge in [-0.25, -0.2) is 0 Å². The van der Waals surface area contributed by atoms with Gasteiger partial charge in [-0.15, -0.1) is 0 Å². The standard InChI is InChI=1S/C9H11NO3/c1-12-9(7-11,13-2)8-5-3-4-6-10-8/h3-7H,1-2H3. The maximum absolute atomic E-state index is 10.8. The van der Waals surface area contributed by atoms with Gasteiger partial charge in [0.05, 0.1) is 0 Å². The Hall–Kier alpha value is -1.26. The highest BCUT2D eigenvalue weighted by Crippen LogP contribution is 2.20. The molecule has 0 aliphatic carbocycles. The van der Waals surface area contributed by atoms with Gasteiger partial charge in [-0.1, -0.05) is 6.07 Å². The molecule has 13 heavy (non-hydrogen) atoms. The van der Waals surface area contributed by atoms with Gasteiger partial charge in [0, 0.05) is 20.4 Å². The van der Waals surface area contributed by atoms with E-state index >= 15 is 0 Å². The molecule has 0 amide bonds. The zero-order chi connectivity index (χ0) is 9.73. The van der Waals surface area contributed by atoms with Crippen LogP contribution in [0, 0.1) is 0 Å². The molecule has 0 saturated carbocycles. The number of hydrogen-bond donors (Lipinski definition) is 0. The van der Waals surface area contributed by atoms with E-state index in [1.54, 1.807) is 24.4 Å². The van der Waals surface area contributed by atoms with Crippen LogP contribution < -0.4 is 0 Å². The summed E-state index contributed by atoms with van der Waals surface area (Å²) in [6.07, 6.45) is 2.15. The first-order valence-electron chi connectivity index (χ1n) is 3.77. The topological polar surface area (TPSA) is 48.4 Å². The maximum Gasteiger partial charge on any atom is 0.270 e. The van der Waals surface area contributed by atoms with E-state index < -0.39 is 5.79 Å². The Bertz CT molecular complexity index is 269. The average molecular weight is 181 g/mol. The molecule has 0 radical (unpaired) electrons. The van der Waals surface area contributed by atoms with Crippen LogP contribution in [-0.4, -0.2) is 25.5 Å². The van der Waals surface area contributed by atoms with E-state index in [0.717, 1.165) is 0 Å². The van der Waals surface area contributed by atoms with Crippen molar-refractivity contribution < 1.29 is 14.3 Å². The molecule has 0 fully saturated rings. The number of carbonyl (C=O) groups is 1. The van der Waals surface area contributed by atoms with Crippen LogP contribution in [0.2, 0.25) is 0 Å². The number of aromatic nitrogens is 1. The first-order chi connectivity index (χ1) is 6.29. The Morgan fingerprint density at radius 1 is 1.38 bits per heavy atom. The lowest BCUT2D eigenvalue weighted by Gasteiger charge is -2.23. The highest BCUT2D eigenvalue weighted by molar-refractivity contribution is 5.62. The summed E-state index contributed by atoms with van der Waals surface area (Å²) in [6, 6.07) is 5.18. The number of carbonyl (C=O) groups excluding carboxylic acids is 1. The van der Waals surface area contributed by atoms with Crippen molar-refractivity contribution in [3.63, 3.8) is 0 Å². The maximum atomic E-state index is 10.8. The van der Waals surface area contributed by atoms with Gasteiger partial charge in [0.2, 0.25) is 0 Å². The van der Waals surface area contributed by atoms with Gasteiger partial charge >= 0.3 is 0 Å². The van der Waals surface area contributed by atoms with E-state index in [4.69, 9.17) is 9.47 Å². The first kappa shape index (κ1) is 9.83. The molecule has 0 spiro atoms. The molecule has 0 aromatic carbocycles. The fourth-order valence-corrected chi connectivity index (χ4v) is 1.02. The lowest BCUT2D eigenvalue weighted by molar-refractivity contribution is -0.203. The Labute approximate surface area is 76.5 Å². The van der Waals surface area contributed by atoms with Gasteiger partial charge in [-0.2, -0.15) is 0 Å². The number of hydrogen-bond acceptors (Lipinski definition) is 4. The molecule has 0 unspecified atom stereocenters. The summed E-state index contributed by atoms with van der Waals surface area (Å²) in [5, 5.41) is 0. The van der Waals surface area contributed by atoms with Gasteiger partial charge in [0.1, 0.15) is 5.69 Å². The van der Waals surface area contributed by atoms with E-state index in [9.17, 15) is 4.79 Å². The van der Waals surface area contributed by atoms with E-state index in [2.05, 4.69) is 4.98 Å². The molecular formula is C9H11NO3. The second-order valence-corrected chi connectivity index (χ2v) is 2.41. The summed E-state index contributed by atoms with van der Waals surface area (Å²) < 4.78 is 9.94. The number of pyridine rings is 1. The summed E-state index contributed by atoms with van der Waals surface area (Å²) in [4.78, 5) is 14.8. The smallest absolute Gasteiger partial charge is 0.270 e. The highest BCUT2D eigenvalue weighted by atomic mass is 16.7. The second kappa shape index (κ2) is 4.11. The minimum absolute atomic E-state index is 0.440. The predicted molar refractivity (Wildman–Crippen MR) is 46.0 cm³/mol. The van der Waals surface area contributed by atoms with Crippen molar-refractivity contribution >= 4 is 6.29 Å². The van der Waals surface area contributed by atoms with Crippen LogP contribution in [0.25, 0.3) is 0 Å². The quantitative estimate of drug-likeness (QED) is 0.507. The summed E-state index contributed by atoms with van der Waals surface area (Å²) in [5.74, 6) is -1.37. The molecule has 0 saturated heterocycles. The van der Waals surface area contributed by atoms with Gasteiger partial charge in [0.15, 0.2) is 6.29 Å². The molecule has 0 aliphatic rings. The third-order valence-electron chi connectivity index (χ3n) is 1.78. The van der Waals surface area contributed by atoms with E-state index in [-0.39, 0.29) is 0 Å². The Kier molecular flexibility index (Phi) is 3.11. The third-order valence-corrected chi connectivity index (χ3v) is 1.78. The number of nitrogens with zero attached hydrogens (tertiary/aromatic N) is 1. The van der Waals surface area contributed by atoms with Crippen LogP contribution >= 0.6 is 0 Å².